The molecule has 0 fully saturated rings. The van der Waals surface area contributed by atoms with Crippen molar-refractivity contribution in [1.29, 1.82) is 0 Å². The zero-order chi connectivity index (χ0) is 14.4. The molecule has 0 saturated carbocycles. The summed E-state index contributed by atoms with van der Waals surface area (Å²) in [6.45, 7) is 2.56. The molecule has 2 rings (SSSR count). The number of pyridine rings is 1. The standard InChI is InChI=1S/C16H18N2O2/c1-13-5-3-7-15(9-13)20-12-16(19)18(2)11-14-6-4-8-17-10-14/h3-10H,11-12H2,1-2H3. The molecule has 1 aromatic heterocycles. The van der Waals surface area contributed by atoms with E-state index in [1.807, 2.05) is 43.3 Å². The van der Waals surface area contributed by atoms with Crippen molar-refractivity contribution >= 4 is 5.91 Å². The number of likely N-dealkylation sites (N-methyl/N-ethyl adjacent to an activating group) is 1. The fraction of sp³-hybridized carbons (Fsp3) is 0.250. The van der Waals surface area contributed by atoms with Gasteiger partial charge < -0.3 is 9.64 Å². The van der Waals surface area contributed by atoms with Crippen LogP contribution in [-0.4, -0.2) is 29.4 Å². The van der Waals surface area contributed by atoms with Crippen molar-refractivity contribution in [3.63, 3.8) is 0 Å². The van der Waals surface area contributed by atoms with Crippen molar-refractivity contribution in [3.8, 4) is 5.75 Å². The van der Waals surface area contributed by atoms with Crippen molar-refractivity contribution in [1.82, 2.24) is 9.88 Å². The molecule has 0 radical (unpaired) electrons. The lowest BCUT2D eigenvalue weighted by Gasteiger charge is -2.17. The number of carbonyl (C=O) groups excluding carboxylic acids is 1. The van der Waals surface area contributed by atoms with Gasteiger partial charge in [0.1, 0.15) is 5.75 Å². The predicted octanol–water partition coefficient (Wildman–Crippen LogP) is 2.43. The maximum atomic E-state index is 12.0. The van der Waals surface area contributed by atoms with Gasteiger partial charge in [-0.1, -0.05) is 18.2 Å². The van der Waals surface area contributed by atoms with Crippen LogP contribution in [0.25, 0.3) is 0 Å². The van der Waals surface area contributed by atoms with E-state index in [4.69, 9.17) is 4.74 Å². The lowest BCUT2D eigenvalue weighted by atomic mass is 10.2. The predicted molar refractivity (Wildman–Crippen MR) is 77.4 cm³/mol. The Kier molecular flexibility index (Phi) is 4.71. The summed E-state index contributed by atoms with van der Waals surface area (Å²) in [5, 5.41) is 0. The number of nitrogens with zero attached hydrogens (tertiary/aromatic N) is 2. The first-order valence-electron chi connectivity index (χ1n) is 6.47. The largest absolute Gasteiger partial charge is 0.484 e. The van der Waals surface area contributed by atoms with Crippen molar-refractivity contribution in [2.45, 2.75) is 13.5 Å². The van der Waals surface area contributed by atoms with E-state index in [-0.39, 0.29) is 12.5 Å². The van der Waals surface area contributed by atoms with Crippen LogP contribution in [0, 0.1) is 6.92 Å². The minimum absolute atomic E-state index is 0.0419. The lowest BCUT2D eigenvalue weighted by molar-refractivity contribution is -0.132. The van der Waals surface area contributed by atoms with Crippen molar-refractivity contribution in [3.05, 3.63) is 59.9 Å². The zero-order valence-corrected chi connectivity index (χ0v) is 11.7. The second kappa shape index (κ2) is 6.70. The fourth-order valence-corrected chi connectivity index (χ4v) is 1.81. The first kappa shape index (κ1) is 14.1. The molecule has 0 saturated heterocycles. The van der Waals surface area contributed by atoms with E-state index in [0.717, 1.165) is 11.1 Å². The maximum Gasteiger partial charge on any atom is 0.260 e. The number of benzene rings is 1. The zero-order valence-electron chi connectivity index (χ0n) is 11.7. The summed E-state index contributed by atoms with van der Waals surface area (Å²) in [6.07, 6.45) is 3.47. The molecule has 0 aliphatic rings. The molecule has 1 aromatic carbocycles. The van der Waals surface area contributed by atoms with Crippen LogP contribution in [0.2, 0.25) is 0 Å². The molecule has 0 aliphatic heterocycles. The van der Waals surface area contributed by atoms with E-state index in [0.29, 0.717) is 12.3 Å². The van der Waals surface area contributed by atoms with E-state index < -0.39 is 0 Å². The van der Waals surface area contributed by atoms with Crippen LogP contribution in [0.4, 0.5) is 0 Å². The number of aromatic nitrogens is 1. The highest BCUT2D eigenvalue weighted by atomic mass is 16.5. The van der Waals surface area contributed by atoms with E-state index in [9.17, 15) is 4.79 Å². The Morgan fingerprint density at radius 3 is 2.85 bits per heavy atom. The number of carbonyl (C=O) groups is 1. The summed E-state index contributed by atoms with van der Waals surface area (Å²) in [7, 11) is 1.76. The maximum absolute atomic E-state index is 12.0. The number of hydrogen-bond acceptors (Lipinski definition) is 3. The average molecular weight is 270 g/mol. The van der Waals surface area contributed by atoms with Gasteiger partial charge >= 0.3 is 0 Å². The monoisotopic (exact) mass is 270 g/mol. The van der Waals surface area contributed by atoms with E-state index >= 15 is 0 Å². The second-order valence-corrected chi connectivity index (χ2v) is 4.72. The molecule has 0 N–H and O–H groups in total. The van der Waals surface area contributed by atoms with Gasteiger partial charge in [0.15, 0.2) is 6.61 Å². The molecule has 0 bridgehead atoms. The molecular formula is C16H18N2O2. The van der Waals surface area contributed by atoms with Crippen LogP contribution in [0.15, 0.2) is 48.8 Å². The summed E-state index contributed by atoms with van der Waals surface area (Å²) < 4.78 is 5.50. The van der Waals surface area contributed by atoms with Crippen molar-refractivity contribution < 1.29 is 9.53 Å². The summed E-state index contributed by atoms with van der Waals surface area (Å²) in [5.74, 6) is 0.656. The van der Waals surface area contributed by atoms with Gasteiger partial charge in [-0.05, 0) is 36.2 Å². The van der Waals surface area contributed by atoms with Crippen LogP contribution in [-0.2, 0) is 11.3 Å². The molecule has 4 nitrogen and oxygen atoms in total. The van der Waals surface area contributed by atoms with Crippen LogP contribution >= 0.6 is 0 Å². The number of rotatable bonds is 5. The molecule has 0 aliphatic carbocycles. The van der Waals surface area contributed by atoms with Crippen molar-refractivity contribution in [2.24, 2.45) is 0 Å². The third-order valence-electron chi connectivity index (χ3n) is 2.92. The molecule has 1 amide bonds. The summed E-state index contributed by atoms with van der Waals surface area (Å²) in [5.41, 5.74) is 2.11. The van der Waals surface area contributed by atoms with Crippen LogP contribution in [0.1, 0.15) is 11.1 Å². The Labute approximate surface area is 119 Å². The molecule has 20 heavy (non-hydrogen) atoms. The molecule has 1 heterocycles. The molecule has 0 atom stereocenters. The Balaban J connectivity index is 1.85. The number of hydrogen-bond donors (Lipinski definition) is 0. The van der Waals surface area contributed by atoms with E-state index in [1.165, 1.54) is 0 Å². The van der Waals surface area contributed by atoms with Gasteiger partial charge in [-0.25, -0.2) is 0 Å². The van der Waals surface area contributed by atoms with E-state index in [2.05, 4.69) is 4.98 Å². The number of amides is 1. The fourth-order valence-electron chi connectivity index (χ4n) is 1.81. The highest BCUT2D eigenvalue weighted by molar-refractivity contribution is 5.77. The van der Waals surface area contributed by atoms with Crippen LogP contribution < -0.4 is 4.74 Å². The minimum atomic E-state index is -0.0599. The molecule has 0 unspecified atom stereocenters. The topological polar surface area (TPSA) is 42.4 Å². The van der Waals surface area contributed by atoms with Crippen molar-refractivity contribution in [2.75, 3.05) is 13.7 Å². The van der Waals surface area contributed by atoms with Gasteiger partial charge in [-0.2, -0.15) is 0 Å². The summed E-state index contributed by atoms with van der Waals surface area (Å²) in [4.78, 5) is 17.6. The average Bonchev–Trinajstić information content (AvgIpc) is 2.46. The number of ether oxygens (including phenoxy) is 1. The SMILES string of the molecule is Cc1cccc(OCC(=O)N(C)Cc2cccnc2)c1. The first-order chi connectivity index (χ1) is 9.65. The van der Waals surface area contributed by atoms with Gasteiger partial charge in [0.2, 0.25) is 0 Å². The normalized spacial score (nSPS) is 10.1. The third kappa shape index (κ3) is 4.09. The lowest BCUT2D eigenvalue weighted by Crippen LogP contribution is -2.30. The Morgan fingerprint density at radius 2 is 2.15 bits per heavy atom. The Bertz CT molecular complexity index is 570. The smallest absolute Gasteiger partial charge is 0.260 e. The van der Waals surface area contributed by atoms with Gasteiger partial charge in [0, 0.05) is 26.0 Å². The quantitative estimate of drug-likeness (QED) is 0.838. The molecule has 4 heteroatoms. The van der Waals surface area contributed by atoms with E-state index in [1.54, 1.807) is 24.3 Å². The second-order valence-electron chi connectivity index (χ2n) is 4.72. The van der Waals surface area contributed by atoms with Crippen LogP contribution in [0.3, 0.4) is 0 Å². The molecule has 104 valence electrons. The third-order valence-corrected chi connectivity index (χ3v) is 2.92. The summed E-state index contributed by atoms with van der Waals surface area (Å²) in [6, 6.07) is 11.5. The molecule has 0 spiro atoms. The highest BCUT2D eigenvalue weighted by Gasteiger charge is 2.10. The van der Waals surface area contributed by atoms with Gasteiger partial charge in [-0.3, -0.25) is 9.78 Å². The Hall–Kier alpha value is -2.36. The summed E-state index contributed by atoms with van der Waals surface area (Å²) >= 11 is 0. The first-order valence-corrected chi connectivity index (χ1v) is 6.47. The van der Waals surface area contributed by atoms with Gasteiger partial charge in [0.25, 0.3) is 5.91 Å². The molecule has 2 aromatic rings. The number of aryl methyl sites for hydroxylation is 1. The minimum Gasteiger partial charge on any atom is -0.484 e. The highest BCUT2D eigenvalue weighted by Crippen LogP contribution is 2.12. The van der Waals surface area contributed by atoms with Gasteiger partial charge in [-0.15, -0.1) is 0 Å². The molecular weight excluding hydrogens is 252 g/mol. The van der Waals surface area contributed by atoms with Gasteiger partial charge in [0.05, 0.1) is 0 Å². The van der Waals surface area contributed by atoms with Crippen LogP contribution in [0.5, 0.6) is 5.75 Å². The Morgan fingerprint density at radius 1 is 1.30 bits per heavy atom.